The largest absolute Gasteiger partial charge is 0.460 e. The molecule has 9 heteroatoms. The number of carbonyl (C=O) groups is 3. The van der Waals surface area contributed by atoms with Crippen LogP contribution in [0.2, 0.25) is 5.02 Å². The minimum absolute atomic E-state index is 0.00785. The van der Waals surface area contributed by atoms with Crippen molar-refractivity contribution in [1.29, 1.82) is 0 Å². The fourth-order valence-corrected chi connectivity index (χ4v) is 2.77. The molecule has 2 rings (SSSR count). The van der Waals surface area contributed by atoms with Gasteiger partial charge >= 0.3 is 5.97 Å². The van der Waals surface area contributed by atoms with Crippen LogP contribution >= 0.6 is 46.4 Å². The zero-order valence-electron chi connectivity index (χ0n) is 15.6. The minimum atomic E-state index is -0.540. The van der Waals surface area contributed by atoms with E-state index in [0.29, 0.717) is 16.3 Å². The summed E-state index contributed by atoms with van der Waals surface area (Å²) in [5.74, 6) is -1.16. The highest BCUT2D eigenvalue weighted by Crippen LogP contribution is 2.24. The summed E-state index contributed by atoms with van der Waals surface area (Å²) < 4.78 is 4.72. The molecule has 1 amide bonds. The van der Waals surface area contributed by atoms with Crippen LogP contribution in [0.25, 0.3) is 0 Å². The lowest BCUT2D eigenvalue weighted by Gasteiger charge is -2.11. The Hall–Kier alpha value is -2.05. The van der Waals surface area contributed by atoms with Gasteiger partial charge in [-0.2, -0.15) is 0 Å². The Bertz CT molecular complexity index is 957. The van der Waals surface area contributed by atoms with Gasteiger partial charge in [-0.15, -0.1) is 0 Å². The van der Waals surface area contributed by atoms with Crippen molar-refractivity contribution in [2.45, 2.75) is 19.3 Å². The Kier molecular flexibility index (Phi) is 9.66. The molecular formula is C21H17Cl4NO4. The van der Waals surface area contributed by atoms with Gasteiger partial charge in [0.25, 0.3) is 0 Å². The van der Waals surface area contributed by atoms with Gasteiger partial charge < -0.3 is 10.1 Å². The average molecular weight is 489 g/mol. The number of hydrogen-bond donors (Lipinski definition) is 1. The van der Waals surface area contributed by atoms with Crippen LogP contribution in [0.5, 0.6) is 0 Å². The number of esters is 1. The lowest BCUT2D eigenvalue weighted by molar-refractivity contribution is -0.142. The molecule has 0 radical (unpaired) electrons. The van der Waals surface area contributed by atoms with Crippen molar-refractivity contribution in [2.24, 2.45) is 0 Å². The summed E-state index contributed by atoms with van der Waals surface area (Å²) >= 11 is 22.6. The highest BCUT2D eigenvalue weighted by atomic mass is 35.5. The fraction of sp³-hybridized carbons (Fsp3) is 0.190. The predicted octanol–water partition coefficient (Wildman–Crippen LogP) is 6.11. The van der Waals surface area contributed by atoms with Crippen molar-refractivity contribution < 1.29 is 19.1 Å². The molecule has 30 heavy (non-hydrogen) atoms. The van der Waals surface area contributed by atoms with E-state index < -0.39 is 5.97 Å². The topological polar surface area (TPSA) is 72.5 Å². The van der Waals surface area contributed by atoms with Gasteiger partial charge in [0, 0.05) is 29.0 Å². The van der Waals surface area contributed by atoms with Gasteiger partial charge in [0.2, 0.25) is 5.91 Å². The smallest absolute Gasteiger partial charge is 0.306 e. The van der Waals surface area contributed by atoms with Crippen LogP contribution in [0, 0.1) is 0 Å². The number of nitrogens with one attached hydrogen (secondary N) is 1. The maximum Gasteiger partial charge on any atom is 0.306 e. The SMILES string of the molecule is O=C(CCCC(=O)OCC(Cl)=C(Cl)Cl)Nc1ccc(Cl)cc1C(=O)c1ccccc1. The monoisotopic (exact) mass is 487 g/mol. The number of rotatable bonds is 9. The summed E-state index contributed by atoms with van der Waals surface area (Å²) in [5.41, 5.74) is 1.10. The van der Waals surface area contributed by atoms with E-state index in [1.807, 2.05) is 0 Å². The second-order valence-corrected chi connectivity index (χ2v) is 7.95. The molecule has 2 aromatic rings. The Morgan fingerprint density at radius 3 is 2.30 bits per heavy atom. The predicted molar refractivity (Wildman–Crippen MR) is 119 cm³/mol. The molecule has 0 fully saturated rings. The highest BCUT2D eigenvalue weighted by molar-refractivity contribution is 6.59. The van der Waals surface area contributed by atoms with E-state index in [1.54, 1.807) is 42.5 Å². The maximum atomic E-state index is 12.8. The molecule has 1 N–H and O–H groups in total. The van der Waals surface area contributed by atoms with Crippen molar-refractivity contribution >= 4 is 69.8 Å². The maximum absolute atomic E-state index is 12.8. The molecule has 0 aromatic heterocycles. The molecule has 0 saturated heterocycles. The lowest BCUT2D eigenvalue weighted by Crippen LogP contribution is -2.15. The van der Waals surface area contributed by atoms with Crippen molar-refractivity contribution in [1.82, 2.24) is 0 Å². The van der Waals surface area contributed by atoms with Crippen LogP contribution in [0.1, 0.15) is 35.2 Å². The molecule has 0 saturated carbocycles. The Labute approximate surface area is 193 Å². The van der Waals surface area contributed by atoms with Crippen molar-refractivity contribution in [3.05, 3.63) is 74.2 Å². The summed E-state index contributed by atoms with van der Waals surface area (Å²) in [5, 5.41) is 3.08. The zero-order valence-corrected chi connectivity index (χ0v) is 18.6. The third-order valence-corrected chi connectivity index (χ3v) is 5.07. The van der Waals surface area contributed by atoms with Crippen LogP contribution in [-0.4, -0.2) is 24.3 Å². The lowest BCUT2D eigenvalue weighted by atomic mass is 10.0. The van der Waals surface area contributed by atoms with Gasteiger partial charge in [-0.3, -0.25) is 14.4 Å². The average Bonchev–Trinajstić information content (AvgIpc) is 2.73. The first-order valence-electron chi connectivity index (χ1n) is 8.82. The van der Waals surface area contributed by atoms with Gasteiger partial charge in [-0.1, -0.05) is 76.7 Å². The Morgan fingerprint density at radius 1 is 0.933 bits per heavy atom. The standard InChI is InChI=1S/C21H17Cl4NO4/c22-14-9-10-17(15(11-14)20(29)13-5-2-1-3-6-13)26-18(27)7-4-8-19(28)30-12-16(23)21(24)25/h1-3,5-6,9-11H,4,7-8,12H2,(H,26,27). The van der Waals surface area contributed by atoms with Gasteiger partial charge in [0.05, 0.1) is 10.7 Å². The number of ketones is 1. The van der Waals surface area contributed by atoms with Gasteiger partial charge in [-0.05, 0) is 24.6 Å². The molecule has 0 aliphatic rings. The summed E-state index contributed by atoms with van der Waals surface area (Å²) in [6, 6.07) is 13.3. The summed E-state index contributed by atoms with van der Waals surface area (Å²) in [6.07, 6.45) is 0.306. The zero-order chi connectivity index (χ0) is 22.1. The molecular weight excluding hydrogens is 472 g/mol. The first-order chi connectivity index (χ1) is 14.3. The number of carbonyl (C=O) groups excluding carboxylic acids is 3. The summed E-state index contributed by atoms with van der Waals surface area (Å²) in [6.45, 7) is -0.231. The molecule has 158 valence electrons. The van der Waals surface area contributed by atoms with E-state index in [4.69, 9.17) is 51.1 Å². The molecule has 0 bridgehead atoms. The second-order valence-electron chi connectivity index (χ2n) is 6.11. The van der Waals surface area contributed by atoms with Crippen molar-refractivity contribution in [3.8, 4) is 0 Å². The van der Waals surface area contributed by atoms with Gasteiger partial charge in [0.15, 0.2) is 5.78 Å². The molecule has 5 nitrogen and oxygen atoms in total. The van der Waals surface area contributed by atoms with Crippen LogP contribution in [0.15, 0.2) is 58.1 Å². The molecule has 0 heterocycles. The number of benzene rings is 2. The first-order valence-corrected chi connectivity index (χ1v) is 10.3. The van der Waals surface area contributed by atoms with Crippen LogP contribution < -0.4 is 5.32 Å². The number of hydrogen-bond acceptors (Lipinski definition) is 4. The van der Waals surface area contributed by atoms with Crippen LogP contribution in [0.3, 0.4) is 0 Å². The Balaban J connectivity index is 1.93. The van der Waals surface area contributed by atoms with E-state index in [2.05, 4.69) is 5.32 Å². The molecule has 0 unspecified atom stereocenters. The summed E-state index contributed by atoms with van der Waals surface area (Å²) in [7, 11) is 0. The third-order valence-electron chi connectivity index (χ3n) is 3.89. The number of anilines is 1. The molecule has 2 aromatic carbocycles. The van der Waals surface area contributed by atoms with E-state index in [-0.39, 0.29) is 52.6 Å². The highest BCUT2D eigenvalue weighted by Gasteiger charge is 2.16. The fourth-order valence-electron chi connectivity index (χ4n) is 2.43. The summed E-state index contributed by atoms with van der Waals surface area (Å²) in [4.78, 5) is 36.7. The minimum Gasteiger partial charge on any atom is -0.460 e. The quantitative estimate of drug-likeness (QED) is 0.341. The number of ether oxygens (including phenoxy) is 1. The number of halogens is 4. The van der Waals surface area contributed by atoms with Crippen LogP contribution in [-0.2, 0) is 14.3 Å². The molecule has 0 aliphatic carbocycles. The van der Waals surface area contributed by atoms with Gasteiger partial charge in [-0.25, -0.2) is 0 Å². The normalized spacial score (nSPS) is 10.3. The number of amides is 1. The van der Waals surface area contributed by atoms with Crippen LogP contribution in [0.4, 0.5) is 5.69 Å². The van der Waals surface area contributed by atoms with E-state index in [0.717, 1.165) is 0 Å². The van der Waals surface area contributed by atoms with Gasteiger partial charge in [0.1, 0.15) is 11.1 Å². The molecule has 0 spiro atoms. The molecule has 0 atom stereocenters. The van der Waals surface area contributed by atoms with E-state index in [1.165, 1.54) is 6.07 Å². The molecule has 0 aliphatic heterocycles. The van der Waals surface area contributed by atoms with Crippen molar-refractivity contribution in [3.63, 3.8) is 0 Å². The van der Waals surface area contributed by atoms with E-state index >= 15 is 0 Å². The Morgan fingerprint density at radius 2 is 1.63 bits per heavy atom. The first kappa shape index (κ1) is 24.2. The van der Waals surface area contributed by atoms with Crippen molar-refractivity contribution in [2.75, 3.05) is 11.9 Å². The third kappa shape index (κ3) is 7.65. The second kappa shape index (κ2) is 12.0. The van der Waals surface area contributed by atoms with E-state index in [9.17, 15) is 14.4 Å².